The van der Waals surface area contributed by atoms with Gasteiger partial charge in [-0.3, -0.25) is 9.59 Å². The molecule has 0 saturated carbocycles. The summed E-state index contributed by atoms with van der Waals surface area (Å²) in [5.74, 6) is -0.188. The molecule has 1 N–H and O–H groups in total. The van der Waals surface area contributed by atoms with Crippen molar-refractivity contribution < 1.29 is 9.59 Å². The molecule has 1 aliphatic heterocycles. The Morgan fingerprint density at radius 3 is 2.59 bits per heavy atom. The summed E-state index contributed by atoms with van der Waals surface area (Å²) in [6, 6.07) is 14.0. The number of hydrazine groups is 1. The van der Waals surface area contributed by atoms with Crippen molar-refractivity contribution in [3.8, 4) is 0 Å². The van der Waals surface area contributed by atoms with Gasteiger partial charge in [0.15, 0.2) is 0 Å². The lowest BCUT2D eigenvalue weighted by Gasteiger charge is -2.33. The molecule has 0 aromatic heterocycles. The average molecular weight is 297 g/mol. The first-order valence-corrected chi connectivity index (χ1v) is 7.48. The molecule has 1 heterocycles. The summed E-state index contributed by atoms with van der Waals surface area (Å²) in [7, 11) is 0. The molecule has 2 amide bonds. The molecule has 0 radical (unpaired) electrons. The molecule has 2 aromatic carbocycles. The topological polar surface area (TPSA) is 52.7 Å². The van der Waals surface area contributed by atoms with E-state index in [4.69, 9.17) is 0 Å². The number of nitrogens with one attached hydrogen (secondary N) is 1. The normalized spacial score (nSPS) is 15.6. The van der Waals surface area contributed by atoms with Crippen LogP contribution in [0.1, 0.15) is 5.56 Å². The highest BCUT2D eigenvalue weighted by molar-refractivity contribution is 5.89. The maximum Gasteiger partial charge on any atom is 0.248 e. The van der Waals surface area contributed by atoms with Crippen LogP contribution in [-0.2, 0) is 16.0 Å². The molecule has 5 nitrogen and oxygen atoms in total. The summed E-state index contributed by atoms with van der Waals surface area (Å²) in [4.78, 5) is 23.7. The summed E-state index contributed by atoms with van der Waals surface area (Å²) in [6.07, 6.45) is 0.849. The molecule has 0 bridgehead atoms. The van der Waals surface area contributed by atoms with E-state index < -0.39 is 0 Å². The van der Waals surface area contributed by atoms with Gasteiger partial charge in [0.25, 0.3) is 0 Å². The van der Waals surface area contributed by atoms with Gasteiger partial charge in [-0.15, -0.1) is 0 Å². The SMILES string of the molecule is O=CN(C(=O)Cc1ccc2ccccc2c1)N1CCNCC1. The molecule has 2 aromatic rings. The Labute approximate surface area is 129 Å². The smallest absolute Gasteiger partial charge is 0.248 e. The first-order chi connectivity index (χ1) is 10.8. The predicted octanol–water partition coefficient (Wildman–Crippen LogP) is 1.19. The zero-order valence-electron chi connectivity index (χ0n) is 12.4. The predicted molar refractivity (Wildman–Crippen MR) is 85.0 cm³/mol. The van der Waals surface area contributed by atoms with Gasteiger partial charge in [0.05, 0.1) is 6.42 Å². The van der Waals surface area contributed by atoms with E-state index in [2.05, 4.69) is 5.32 Å². The third-order valence-corrected chi connectivity index (χ3v) is 3.92. The van der Waals surface area contributed by atoms with E-state index in [1.54, 1.807) is 5.01 Å². The van der Waals surface area contributed by atoms with Gasteiger partial charge in [-0.25, -0.2) is 10.0 Å². The molecule has 5 heteroatoms. The van der Waals surface area contributed by atoms with Crippen LogP contribution in [0.5, 0.6) is 0 Å². The van der Waals surface area contributed by atoms with Gasteiger partial charge in [-0.05, 0) is 16.3 Å². The molecule has 0 aliphatic carbocycles. The molecule has 0 spiro atoms. The average Bonchev–Trinajstić information content (AvgIpc) is 2.56. The van der Waals surface area contributed by atoms with Crippen LogP contribution in [0.4, 0.5) is 0 Å². The van der Waals surface area contributed by atoms with Crippen molar-refractivity contribution >= 4 is 23.1 Å². The third-order valence-electron chi connectivity index (χ3n) is 3.92. The van der Waals surface area contributed by atoms with Crippen molar-refractivity contribution in [2.75, 3.05) is 26.2 Å². The number of carbonyl (C=O) groups excluding carboxylic acids is 2. The number of rotatable bonds is 4. The highest BCUT2D eigenvalue weighted by Crippen LogP contribution is 2.16. The Hall–Kier alpha value is -2.24. The van der Waals surface area contributed by atoms with Crippen molar-refractivity contribution in [3.63, 3.8) is 0 Å². The quantitative estimate of drug-likeness (QED) is 0.861. The Kier molecular flexibility index (Phi) is 4.46. The van der Waals surface area contributed by atoms with E-state index in [0.29, 0.717) is 19.5 Å². The molecule has 0 unspecified atom stereocenters. The highest BCUT2D eigenvalue weighted by Gasteiger charge is 2.22. The Balaban J connectivity index is 1.74. The zero-order chi connectivity index (χ0) is 15.4. The number of nitrogens with zero attached hydrogens (tertiary/aromatic N) is 2. The molecule has 114 valence electrons. The van der Waals surface area contributed by atoms with E-state index in [-0.39, 0.29) is 12.3 Å². The maximum atomic E-state index is 12.4. The van der Waals surface area contributed by atoms with E-state index in [1.165, 1.54) is 5.01 Å². The molecular weight excluding hydrogens is 278 g/mol. The van der Waals surface area contributed by atoms with Crippen LogP contribution in [0.2, 0.25) is 0 Å². The van der Waals surface area contributed by atoms with Gasteiger partial charge < -0.3 is 5.32 Å². The lowest BCUT2D eigenvalue weighted by atomic mass is 10.0. The number of carbonyl (C=O) groups is 2. The fraction of sp³-hybridized carbons (Fsp3) is 0.294. The van der Waals surface area contributed by atoms with Crippen LogP contribution in [0.3, 0.4) is 0 Å². The first kappa shape index (κ1) is 14.7. The number of amides is 2. The molecule has 1 fully saturated rings. The number of hydrogen-bond donors (Lipinski definition) is 1. The van der Waals surface area contributed by atoms with Crippen LogP contribution in [0, 0.1) is 0 Å². The minimum atomic E-state index is -0.188. The fourth-order valence-corrected chi connectivity index (χ4v) is 2.76. The number of fused-ring (bicyclic) bond motifs is 1. The molecule has 0 atom stereocenters. The highest BCUT2D eigenvalue weighted by atomic mass is 16.2. The van der Waals surface area contributed by atoms with Crippen molar-refractivity contribution in [1.29, 1.82) is 0 Å². The van der Waals surface area contributed by atoms with Crippen molar-refractivity contribution in [2.24, 2.45) is 0 Å². The standard InChI is InChI=1S/C17H19N3O2/c21-13-20(19-9-7-18-8-10-19)17(22)12-14-5-6-15-3-1-2-4-16(15)11-14/h1-6,11,13,18H,7-10,12H2. The largest absolute Gasteiger partial charge is 0.314 e. The van der Waals surface area contributed by atoms with Gasteiger partial charge in [0, 0.05) is 26.2 Å². The summed E-state index contributed by atoms with van der Waals surface area (Å²) < 4.78 is 0. The molecule has 22 heavy (non-hydrogen) atoms. The summed E-state index contributed by atoms with van der Waals surface area (Å²) in [6.45, 7) is 2.91. The monoisotopic (exact) mass is 297 g/mol. The number of benzene rings is 2. The van der Waals surface area contributed by atoms with E-state index in [1.807, 2.05) is 42.5 Å². The van der Waals surface area contributed by atoms with E-state index in [9.17, 15) is 9.59 Å². The summed E-state index contributed by atoms with van der Waals surface area (Å²) in [5, 5.41) is 8.47. The minimum absolute atomic E-state index is 0.188. The van der Waals surface area contributed by atoms with Crippen LogP contribution in [0.25, 0.3) is 10.8 Å². The van der Waals surface area contributed by atoms with E-state index in [0.717, 1.165) is 29.4 Å². The van der Waals surface area contributed by atoms with Gasteiger partial charge in [0.2, 0.25) is 12.3 Å². The Morgan fingerprint density at radius 1 is 1.14 bits per heavy atom. The number of piperazine rings is 1. The third kappa shape index (κ3) is 3.16. The Morgan fingerprint density at radius 2 is 1.86 bits per heavy atom. The molecule has 1 aliphatic rings. The second-order valence-corrected chi connectivity index (χ2v) is 5.41. The lowest BCUT2D eigenvalue weighted by Crippen LogP contribution is -2.54. The molecule has 3 rings (SSSR count). The summed E-state index contributed by atoms with van der Waals surface area (Å²) in [5.41, 5.74) is 0.922. The number of hydrogen-bond acceptors (Lipinski definition) is 4. The second-order valence-electron chi connectivity index (χ2n) is 5.41. The van der Waals surface area contributed by atoms with Crippen LogP contribution in [-0.4, -0.2) is 48.5 Å². The van der Waals surface area contributed by atoms with Crippen molar-refractivity contribution in [2.45, 2.75) is 6.42 Å². The molecule has 1 saturated heterocycles. The summed E-state index contributed by atoms with van der Waals surface area (Å²) >= 11 is 0. The van der Waals surface area contributed by atoms with E-state index >= 15 is 0 Å². The minimum Gasteiger partial charge on any atom is -0.314 e. The number of imide groups is 1. The Bertz CT molecular complexity index is 680. The lowest BCUT2D eigenvalue weighted by molar-refractivity contribution is -0.156. The molecular formula is C17H19N3O2. The van der Waals surface area contributed by atoms with Crippen LogP contribution >= 0.6 is 0 Å². The van der Waals surface area contributed by atoms with Gasteiger partial charge in [-0.2, -0.15) is 0 Å². The van der Waals surface area contributed by atoms with Gasteiger partial charge >= 0.3 is 0 Å². The fourth-order valence-electron chi connectivity index (χ4n) is 2.76. The van der Waals surface area contributed by atoms with Gasteiger partial charge in [0.1, 0.15) is 0 Å². The maximum absolute atomic E-state index is 12.4. The van der Waals surface area contributed by atoms with Gasteiger partial charge in [-0.1, -0.05) is 42.5 Å². The van der Waals surface area contributed by atoms with Crippen LogP contribution < -0.4 is 5.32 Å². The van der Waals surface area contributed by atoms with Crippen molar-refractivity contribution in [1.82, 2.24) is 15.3 Å². The van der Waals surface area contributed by atoms with Crippen molar-refractivity contribution in [3.05, 3.63) is 48.0 Å². The zero-order valence-corrected chi connectivity index (χ0v) is 12.4. The van der Waals surface area contributed by atoms with Crippen LogP contribution in [0.15, 0.2) is 42.5 Å². The first-order valence-electron chi connectivity index (χ1n) is 7.48. The second kappa shape index (κ2) is 6.68.